The van der Waals surface area contributed by atoms with E-state index >= 15 is 0 Å². The van der Waals surface area contributed by atoms with E-state index in [2.05, 4.69) is 10.2 Å². The summed E-state index contributed by atoms with van der Waals surface area (Å²) in [5.74, 6) is -3.45. The second-order valence-electron chi connectivity index (χ2n) is 3.31. The van der Waals surface area contributed by atoms with Gasteiger partial charge in [0.05, 0.1) is 11.8 Å². The highest BCUT2D eigenvalue weighted by Crippen LogP contribution is 2.28. The first-order chi connectivity index (χ1) is 8.00. The maximum Gasteiger partial charge on any atom is 0.338 e. The second-order valence-corrected chi connectivity index (χ2v) is 3.31. The average Bonchev–Trinajstić information content (AvgIpc) is 2.64. The summed E-state index contributed by atoms with van der Waals surface area (Å²) in [4.78, 5) is 10.7. The van der Waals surface area contributed by atoms with Crippen molar-refractivity contribution in [1.29, 1.82) is 0 Å². The molecular formula is C10H7F2N3O2. The quantitative estimate of drug-likeness (QED) is 0.742. The van der Waals surface area contributed by atoms with Crippen molar-refractivity contribution in [2.45, 2.75) is 0 Å². The molecule has 0 bridgehead atoms. The molecule has 5 nitrogen and oxygen atoms in total. The van der Waals surface area contributed by atoms with Crippen LogP contribution in [0.4, 0.5) is 14.6 Å². The largest absolute Gasteiger partial charge is 0.478 e. The molecule has 4 N–H and O–H groups in total. The van der Waals surface area contributed by atoms with E-state index in [0.29, 0.717) is 6.07 Å². The monoisotopic (exact) mass is 239 g/mol. The number of hydrogen-bond acceptors (Lipinski definition) is 3. The lowest BCUT2D eigenvalue weighted by atomic mass is 10.0. The van der Waals surface area contributed by atoms with E-state index < -0.39 is 23.2 Å². The fraction of sp³-hybridized carbons (Fsp3) is 0. The minimum Gasteiger partial charge on any atom is -0.478 e. The third kappa shape index (κ3) is 1.82. The number of halogens is 2. The van der Waals surface area contributed by atoms with Gasteiger partial charge in [-0.05, 0) is 6.07 Å². The molecule has 1 aromatic heterocycles. The molecule has 0 saturated heterocycles. The summed E-state index contributed by atoms with van der Waals surface area (Å²) in [6, 6.07) is 1.39. The van der Waals surface area contributed by atoms with Crippen molar-refractivity contribution in [3.63, 3.8) is 0 Å². The number of H-pyrrole nitrogens is 1. The fourth-order valence-electron chi connectivity index (χ4n) is 1.43. The van der Waals surface area contributed by atoms with Gasteiger partial charge in [-0.25, -0.2) is 13.6 Å². The molecule has 88 valence electrons. The van der Waals surface area contributed by atoms with E-state index in [1.165, 1.54) is 6.20 Å². The van der Waals surface area contributed by atoms with Gasteiger partial charge in [0.15, 0.2) is 0 Å². The number of aromatic nitrogens is 2. The maximum atomic E-state index is 13.5. The molecule has 0 saturated carbocycles. The third-order valence-electron chi connectivity index (χ3n) is 2.25. The number of nitrogen functional groups attached to an aromatic ring is 1. The number of nitrogens with two attached hydrogens (primary N) is 1. The SMILES string of the molecule is Nc1[nH]ncc1-c1cc(C(=O)O)c(F)cc1F. The topological polar surface area (TPSA) is 92.0 Å². The molecule has 0 radical (unpaired) electrons. The maximum absolute atomic E-state index is 13.5. The van der Waals surface area contributed by atoms with Crippen LogP contribution in [0.25, 0.3) is 11.1 Å². The van der Waals surface area contributed by atoms with Crippen LogP contribution in [0.5, 0.6) is 0 Å². The molecule has 0 aliphatic heterocycles. The molecule has 0 unspecified atom stereocenters. The zero-order chi connectivity index (χ0) is 12.6. The predicted molar refractivity (Wildman–Crippen MR) is 55.3 cm³/mol. The number of nitrogens with one attached hydrogen (secondary N) is 1. The smallest absolute Gasteiger partial charge is 0.338 e. The standard InChI is InChI=1S/C10H7F2N3O2/c11-7-2-8(12)5(10(16)17)1-4(7)6-3-14-15-9(6)13/h1-3H,(H,16,17)(H3,13,14,15). The predicted octanol–water partition coefficient (Wildman–Crippen LogP) is 1.64. The second kappa shape index (κ2) is 3.85. The molecule has 0 amide bonds. The zero-order valence-corrected chi connectivity index (χ0v) is 8.37. The Morgan fingerprint density at radius 3 is 2.53 bits per heavy atom. The number of carboxylic acids is 1. The number of nitrogens with zero attached hydrogens (tertiary/aromatic N) is 1. The molecular weight excluding hydrogens is 232 g/mol. The Bertz CT molecular complexity index is 595. The number of carboxylic acid groups (broad SMARTS) is 1. The van der Waals surface area contributed by atoms with Crippen LogP contribution in [0.3, 0.4) is 0 Å². The number of anilines is 1. The van der Waals surface area contributed by atoms with Gasteiger partial charge >= 0.3 is 5.97 Å². The van der Waals surface area contributed by atoms with Gasteiger partial charge in [0.25, 0.3) is 0 Å². The molecule has 1 aromatic carbocycles. The molecule has 0 aliphatic carbocycles. The van der Waals surface area contributed by atoms with Crippen LogP contribution < -0.4 is 5.73 Å². The van der Waals surface area contributed by atoms with Crippen LogP contribution in [-0.2, 0) is 0 Å². The number of aromatic amines is 1. The van der Waals surface area contributed by atoms with Gasteiger partial charge in [-0.3, -0.25) is 5.10 Å². The lowest BCUT2D eigenvalue weighted by molar-refractivity contribution is 0.0692. The van der Waals surface area contributed by atoms with Gasteiger partial charge in [-0.2, -0.15) is 5.10 Å². The van der Waals surface area contributed by atoms with Crippen molar-refractivity contribution in [2.24, 2.45) is 0 Å². The summed E-state index contributed by atoms with van der Waals surface area (Å²) in [6.07, 6.45) is 1.23. The Labute approximate surface area is 93.9 Å². The van der Waals surface area contributed by atoms with Crippen LogP contribution in [0.1, 0.15) is 10.4 Å². The first-order valence-electron chi connectivity index (χ1n) is 4.52. The van der Waals surface area contributed by atoms with Crippen molar-refractivity contribution in [2.75, 3.05) is 5.73 Å². The summed E-state index contributed by atoms with van der Waals surface area (Å²) in [5, 5.41) is 14.7. The van der Waals surface area contributed by atoms with Gasteiger partial charge in [0.1, 0.15) is 17.5 Å². The Morgan fingerprint density at radius 1 is 1.29 bits per heavy atom. The Kier molecular flexibility index (Phi) is 2.51. The highest BCUT2D eigenvalue weighted by Gasteiger charge is 2.18. The summed E-state index contributed by atoms with van der Waals surface area (Å²) in [7, 11) is 0. The minimum atomic E-state index is -1.48. The van der Waals surface area contributed by atoms with E-state index in [-0.39, 0.29) is 16.9 Å². The normalized spacial score (nSPS) is 10.5. The van der Waals surface area contributed by atoms with Crippen molar-refractivity contribution in [1.82, 2.24) is 10.2 Å². The first kappa shape index (κ1) is 11.1. The van der Waals surface area contributed by atoms with Crippen molar-refractivity contribution < 1.29 is 18.7 Å². The molecule has 2 rings (SSSR count). The van der Waals surface area contributed by atoms with E-state index in [1.807, 2.05) is 0 Å². The fourth-order valence-corrected chi connectivity index (χ4v) is 1.43. The van der Waals surface area contributed by atoms with Gasteiger partial charge in [-0.15, -0.1) is 0 Å². The van der Waals surface area contributed by atoms with E-state index in [1.54, 1.807) is 0 Å². The van der Waals surface area contributed by atoms with Crippen LogP contribution in [0, 0.1) is 11.6 Å². The van der Waals surface area contributed by atoms with Gasteiger partial charge in [0, 0.05) is 17.2 Å². The van der Waals surface area contributed by atoms with Crippen LogP contribution in [0.2, 0.25) is 0 Å². The first-order valence-corrected chi connectivity index (χ1v) is 4.52. The molecule has 0 fully saturated rings. The number of aromatic carboxylic acids is 1. The Morgan fingerprint density at radius 2 is 2.00 bits per heavy atom. The number of benzene rings is 1. The summed E-state index contributed by atoms with van der Waals surface area (Å²) < 4.78 is 26.7. The van der Waals surface area contributed by atoms with Crippen molar-refractivity contribution in [3.8, 4) is 11.1 Å². The van der Waals surface area contributed by atoms with Crippen LogP contribution in [0.15, 0.2) is 18.3 Å². The lowest BCUT2D eigenvalue weighted by Gasteiger charge is -2.04. The average molecular weight is 239 g/mol. The lowest BCUT2D eigenvalue weighted by Crippen LogP contribution is -2.02. The number of carbonyl (C=O) groups is 1. The van der Waals surface area contributed by atoms with Crippen molar-refractivity contribution in [3.05, 3.63) is 35.5 Å². The van der Waals surface area contributed by atoms with E-state index in [4.69, 9.17) is 10.8 Å². The molecule has 0 spiro atoms. The minimum absolute atomic E-state index is 0.0758. The third-order valence-corrected chi connectivity index (χ3v) is 2.25. The van der Waals surface area contributed by atoms with Crippen molar-refractivity contribution >= 4 is 11.8 Å². The molecule has 17 heavy (non-hydrogen) atoms. The zero-order valence-electron chi connectivity index (χ0n) is 8.37. The molecule has 1 heterocycles. The van der Waals surface area contributed by atoms with Gasteiger partial charge < -0.3 is 10.8 Å². The summed E-state index contributed by atoms with van der Waals surface area (Å²) in [5.41, 5.74) is 4.93. The van der Waals surface area contributed by atoms with Crippen LogP contribution in [-0.4, -0.2) is 21.3 Å². The number of hydrogen-bond donors (Lipinski definition) is 3. The number of rotatable bonds is 2. The van der Waals surface area contributed by atoms with E-state index in [0.717, 1.165) is 6.07 Å². The summed E-state index contributed by atoms with van der Waals surface area (Å²) >= 11 is 0. The van der Waals surface area contributed by atoms with Gasteiger partial charge in [0.2, 0.25) is 0 Å². The van der Waals surface area contributed by atoms with E-state index in [9.17, 15) is 13.6 Å². The molecule has 7 heteroatoms. The molecule has 0 atom stereocenters. The highest BCUT2D eigenvalue weighted by atomic mass is 19.1. The molecule has 0 aliphatic rings. The molecule has 2 aromatic rings. The Hall–Kier alpha value is -2.44. The highest BCUT2D eigenvalue weighted by molar-refractivity contribution is 5.90. The Balaban J connectivity index is 2.67. The van der Waals surface area contributed by atoms with Crippen LogP contribution >= 0.6 is 0 Å². The van der Waals surface area contributed by atoms with Gasteiger partial charge in [-0.1, -0.05) is 0 Å². The summed E-state index contributed by atoms with van der Waals surface area (Å²) in [6.45, 7) is 0.